The molecule has 4 heteroatoms. The van der Waals surface area contributed by atoms with Crippen molar-refractivity contribution in [2.45, 2.75) is 50.1 Å². The molecule has 1 unspecified atom stereocenters. The second kappa shape index (κ2) is 6.75. The lowest BCUT2D eigenvalue weighted by atomic mass is 9.78. The first kappa shape index (κ1) is 16.2. The van der Waals surface area contributed by atoms with Gasteiger partial charge in [-0.15, -0.1) is 0 Å². The molecule has 1 aliphatic rings. The van der Waals surface area contributed by atoms with Gasteiger partial charge in [-0.25, -0.2) is 4.39 Å². The lowest BCUT2D eigenvalue weighted by molar-refractivity contribution is 0.0956. The molecule has 0 bridgehead atoms. The molecule has 1 atom stereocenters. The van der Waals surface area contributed by atoms with Crippen LogP contribution < -0.4 is 10.5 Å². The molecule has 1 aliphatic carbocycles. The first-order valence-corrected chi connectivity index (χ1v) is 7.78. The lowest BCUT2D eigenvalue weighted by Gasteiger charge is -2.44. The van der Waals surface area contributed by atoms with Crippen molar-refractivity contribution in [3.05, 3.63) is 29.6 Å². The predicted octanol–water partition coefficient (Wildman–Crippen LogP) is 3.49. The van der Waals surface area contributed by atoms with E-state index in [-0.39, 0.29) is 17.4 Å². The van der Waals surface area contributed by atoms with Crippen molar-refractivity contribution < 1.29 is 9.13 Å². The van der Waals surface area contributed by atoms with Gasteiger partial charge >= 0.3 is 0 Å². The van der Waals surface area contributed by atoms with Gasteiger partial charge in [0.05, 0.1) is 13.2 Å². The van der Waals surface area contributed by atoms with Crippen molar-refractivity contribution in [1.29, 1.82) is 0 Å². The van der Waals surface area contributed by atoms with Crippen molar-refractivity contribution in [3.63, 3.8) is 0 Å². The minimum Gasteiger partial charge on any atom is -0.496 e. The molecule has 0 heterocycles. The summed E-state index contributed by atoms with van der Waals surface area (Å²) >= 11 is 0. The third kappa shape index (κ3) is 3.22. The van der Waals surface area contributed by atoms with Gasteiger partial charge in [-0.2, -0.15) is 0 Å². The number of nitrogens with two attached hydrogens (primary N) is 1. The van der Waals surface area contributed by atoms with E-state index in [2.05, 4.69) is 19.0 Å². The Balaban J connectivity index is 2.42. The Morgan fingerprint density at radius 3 is 2.33 bits per heavy atom. The average molecular weight is 294 g/mol. The number of rotatable bonds is 4. The molecule has 1 aromatic rings. The smallest absolute Gasteiger partial charge is 0.123 e. The molecule has 21 heavy (non-hydrogen) atoms. The number of hydrogen-bond donors (Lipinski definition) is 1. The number of halogens is 1. The van der Waals surface area contributed by atoms with Gasteiger partial charge in [0.2, 0.25) is 0 Å². The van der Waals surface area contributed by atoms with Crippen LogP contribution in [-0.2, 0) is 0 Å². The summed E-state index contributed by atoms with van der Waals surface area (Å²) < 4.78 is 19.1. The maximum Gasteiger partial charge on any atom is 0.123 e. The van der Waals surface area contributed by atoms with E-state index < -0.39 is 0 Å². The maximum absolute atomic E-state index is 13.7. The summed E-state index contributed by atoms with van der Waals surface area (Å²) in [5, 5.41) is 0. The number of likely N-dealkylation sites (N-methyl/N-ethyl adjacent to an activating group) is 1. The largest absolute Gasteiger partial charge is 0.496 e. The molecule has 1 fully saturated rings. The molecule has 0 radical (unpaired) electrons. The summed E-state index contributed by atoms with van der Waals surface area (Å²) in [6.07, 6.45) is 6.93. The van der Waals surface area contributed by atoms with Crippen LogP contribution in [0.3, 0.4) is 0 Å². The molecule has 0 spiro atoms. The minimum absolute atomic E-state index is 0.127. The topological polar surface area (TPSA) is 38.5 Å². The van der Waals surface area contributed by atoms with Gasteiger partial charge in [-0.3, -0.25) is 0 Å². The van der Waals surface area contributed by atoms with Gasteiger partial charge in [0.1, 0.15) is 11.6 Å². The zero-order valence-corrected chi connectivity index (χ0v) is 13.4. The van der Waals surface area contributed by atoms with Crippen molar-refractivity contribution in [2.24, 2.45) is 5.73 Å². The van der Waals surface area contributed by atoms with Crippen LogP contribution in [-0.4, -0.2) is 31.6 Å². The lowest BCUT2D eigenvalue weighted by Crippen LogP contribution is -2.52. The fourth-order valence-electron chi connectivity index (χ4n) is 3.61. The first-order chi connectivity index (χ1) is 10.0. The maximum atomic E-state index is 13.7. The van der Waals surface area contributed by atoms with Crippen LogP contribution in [0.5, 0.6) is 5.75 Å². The zero-order valence-electron chi connectivity index (χ0n) is 13.4. The van der Waals surface area contributed by atoms with E-state index in [1.54, 1.807) is 13.2 Å². The number of benzene rings is 1. The molecular weight excluding hydrogens is 267 g/mol. The fourth-order valence-corrected chi connectivity index (χ4v) is 3.61. The molecule has 0 aromatic heterocycles. The van der Waals surface area contributed by atoms with Crippen LogP contribution in [0, 0.1) is 5.82 Å². The van der Waals surface area contributed by atoms with Gasteiger partial charge in [0, 0.05) is 11.1 Å². The van der Waals surface area contributed by atoms with Crippen LogP contribution in [0.2, 0.25) is 0 Å². The van der Waals surface area contributed by atoms with E-state index in [0.29, 0.717) is 5.75 Å². The Morgan fingerprint density at radius 2 is 1.81 bits per heavy atom. The Labute approximate surface area is 127 Å². The van der Waals surface area contributed by atoms with Crippen LogP contribution >= 0.6 is 0 Å². The quantitative estimate of drug-likeness (QED) is 0.864. The van der Waals surface area contributed by atoms with Crippen molar-refractivity contribution >= 4 is 0 Å². The average Bonchev–Trinajstić information content (AvgIpc) is 2.73. The van der Waals surface area contributed by atoms with Gasteiger partial charge in [-0.1, -0.05) is 25.7 Å². The standard InChI is InChI=1S/C17H27FN2O/c1-20(2)17(10-6-4-5-7-11-17)16(19)14-12-13(18)8-9-15(14)21-3/h8-9,12,16H,4-7,10-11,19H2,1-3H3. The number of nitrogens with zero attached hydrogens (tertiary/aromatic N) is 1. The third-order valence-corrected chi connectivity index (χ3v) is 4.97. The normalized spacial score (nSPS) is 20.1. The Hall–Kier alpha value is -1.13. The highest BCUT2D eigenvalue weighted by atomic mass is 19.1. The summed E-state index contributed by atoms with van der Waals surface area (Å²) in [5.74, 6) is 0.415. The second-order valence-electron chi connectivity index (χ2n) is 6.28. The highest BCUT2D eigenvalue weighted by Gasteiger charge is 2.40. The van der Waals surface area contributed by atoms with Gasteiger partial charge < -0.3 is 15.4 Å². The number of hydrogen-bond acceptors (Lipinski definition) is 3. The van der Waals surface area contributed by atoms with E-state index in [0.717, 1.165) is 18.4 Å². The summed E-state index contributed by atoms with van der Waals surface area (Å²) in [7, 11) is 5.77. The van der Waals surface area contributed by atoms with Crippen molar-refractivity contribution in [3.8, 4) is 5.75 Å². The van der Waals surface area contributed by atoms with Crippen LogP contribution in [0.4, 0.5) is 4.39 Å². The van der Waals surface area contributed by atoms with Gasteiger partial charge in [-0.05, 0) is 45.1 Å². The van der Waals surface area contributed by atoms with Crippen LogP contribution in [0.1, 0.15) is 50.1 Å². The predicted molar refractivity (Wildman–Crippen MR) is 84.0 cm³/mol. The second-order valence-corrected chi connectivity index (χ2v) is 6.28. The Kier molecular flexibility index (Phi) is 5.22. The monoisotopic (exact) mass is 294 g/mol. The van der Waals surface area contributed by atoms with Crippen LogP contribution in [0.25, 0.3) is 0 Å². The highest BCUT2D eigenvalue weighted by Crippen LogP contribution is 2.42. The van der Waals surface area contributed by atoms with Crippen molar-refractivity contribution in [2.75, 3.05) is 21.2 Å². The molecule has 118 valence electrons. The van der Waals surface area contributed by atoms with E-state index in [9.17, 15) is 4.39 Å². The molecule has 0 saturated heterocycles. The van der Waals surface area contributed by atoms with E-state index in [1.807, 2.05) is 0 Å². The molecule has 2 N–H and O–H groups in total. The number of ether oxygens (including phenoxy) is 1. The summed E-state index contributed by atoms with van der Waals surface area (Å²) in [5.41, 5.74) is 7.28. The van der Waals surface area contributed by atoms with E-state index >= 15 is 0 Å². The Bertz CT molecular complexity index is 468. The van der Waals surface area contributed by atoms with Gasteiger partial charge in [0.25, 0.3) is 0 Å². The summed E-state index contributed by atoms with van der Waals surface area (Å²) in [6, 6.07) is 4.37. The Morgan fingerprint density at radius 1 is 1.19 bits per heavy atom. The highest BCUT2D eigenvalue weighted by molar-refractivity contribution is 5.38. The number of methoxy groups -OCH3 is 1. The molecule has 0 amide bonds. The van der Waals surface area contributed by atoms with E-state index in [1.165, 1.54) is 37.8 Å². The fraction of sp³-hybridized carbons (Fsp3) is 0.647. The summed E-state index contributed by atoms with van der Waals surface area (Å²) in [4.78, 5) is 2.23. The molecular formula is C17H27FN2O. The minimum atomic E-state index is -0.260. The van der Waals surface area contributed by atoms with Crippen molar-refractivity contribution in [1.82, 2.24) is 4.90 Å². The van der Waals surface area contributed by atoms with Crippen LogP contribution in [0.15, 0.2) is 18.2 Å². The molecule has 1 aromatic carbocycles. The van der Waals surface area contributed by atoms with Gasteiger partial charge in [0.15, 0.2) is 0 Å². The molecule has 1 saturated carbocycles. The SMILES string of the molecule is COc1ccc(F)cc1C(N)C1(N(C)C)CCCCCC1. The van der Waals surface area contributed by atoms with E-state index in [4.69, 9.17) is 10.5 Å². The zero-order chi connectivity index (χ0) is 15.5. The third-order valence-electron chi connectivity index (χ3n) is 4.97. The summed E-state index contributed by atoms with van der Waals surface area (Å²) in [6.45, 7) is 0. The molecule has 0 aliphatic heterocycles. The molecule has 3 nitrogen and oxygen atoms in total. The first-order valence-electron chi connectivity index (χ1n) is 7.78. The molecule has 2 rings (SSSR count).